The van der Waals surface area contributed by atoms with Crippen molar-refractivity contribution in [2.75, 3.05) is 0 Å². The first-order chi connectivity index (χ1) is 8.66. The Balaban J connectivity index is 1.95. The summed E-state index contributed by atoms with van der Waals surface area (Å²) in [6.45, 7) is 0. The second-order valence-corrected chi connectivity index (χ2v) is 5.62. The molecule has 1 amide bonds. The first-order valence-corrected chi connectivity index (χ1v) is 7.03. The van der Waals surface area contributed by atoms with Gasteiger partial charge in [0, 0.05) is 12.1 Å². The molecule has 1 N–H and O–H groups in total. The number of hydrogen-bond acceptors (Lipinski definition) is 4. The van der Waals surface area contributed by atoms with E-state index in [0.29, 0.717) is 4.88 Å². The van der Waals surface area contributed by atoms with Crippen molar-refractivity contribution in [3.8, 4) is 0 Å². The van der Waals surface area contributed by atoms with Crippen molar-refractivity contribution in [2.45, 2.75) is 44.6 Å². The minimum Gasteiger partial charge on any atom is -0.349 e. The van der Waals surface area contributed by atoms with Crippen molar-refractivity contribution in [3.63, 3.8) is 0 Å². The van der Waals surface area contributed by atoms with Crippen LogP contribution in [0.5, 0.6) is 0 Å². The van der Waals surface area contributed by atoms with Gasteiger partial charge in [-0.1, -0.05) is 37.0 Å². The van der Waals surface area contributed by atoms with Gasteiger partial charge in [0.2, 0.25) is 0 Å². The fourth-order valence-corrected chi connectivity index (χ4v) is 2.95. The molecule has 0 bridgehead atoms. The zero-order valence-corrected chi connectivity index (χ0v) is 10.9. The third-order valence-corrected chi connectivity index (χ3v) is 4.22. The van der Waals surface area contributed by atoms with Crippen LogP contribution in [0.1, 0.15) is 48.2 Å². The largest absolute Gasteiger partial charge is 0.349 e. The van der Waals surface area contributed by atoms with Crippen molar-refractivity contribution in [3.05, 3.63) is 27.1 Å². The third kappa shape index (κ3) is 3.29. The number of nitrogens with zero attached hydrogens (tertiary/aromatic N) is 1. The van der Waals surface area contributed by atoms with Crippen molar-refractivity contribution < 1.29 is 9.72 Å². The molecule has 0 spiro atoms. The van der Waals surface area contributed by atoms with E-state index < -0.39 is 4.92 Å². The maximum absolute atomic E-state index is 11.9. The lowest BCUT2D eigenvalue weighted by atomic mass is 10.1. The molecule has 0 aliphatic heterocycles. The first kappa shape index (κ1) is 13.0. The fraction of sp³-hybridized carbons (Fsp3) is 0.583. The zero-order valence-electron chi connectivity index (χ0n) is 10.1. The van der Waals surface area contributed by atoms with Gasteiger partial charge < -0.3 is 5.32 Å². The van der Waals surface area contributed by atoms with Crippen molar-refractivity contribution in [2.24, 2.45) is 0 Å². The maximum atomic E-state index is 11.9. The maximum Gasteiger partial charge on any atom is 0.324 e. The number of nitrogens with one attached hydrogen (secondary N) is 1. The average molecular weight is 268 g/mol. The van der Waals surface area contributed by atoms with E-state index in [0.717, 1.165) is 37.0 Å². The number of thiophene rings is 1. The van der Waals surface area contributed by atoms with Gasteiger partial charge in [-0.15, -0.1) is 0 Å². The summed E-state index contributed by atoms with van der Waals surface area (Å²) in [5.41, 5.74) is 0. The number of rotatable bonds is 3. The highest BCUT2D eigenvalue weighted by Crippen LogP contribution is 2.24. The summed E-state index contributed by atoms with van der Waals surface area (Å²) in [6, 6.07) is 3.13. The molecule has 0 radical (unpaired) electrons. The van der Waals surface area contributed by atoms with E-state index in [1.807, 2.05) is 0 Å². The molecule has 0 saturated heterocycles. The van der Waals surface area contributed by atoms with E-state index in [4.69, 9.17) is 0 Å². The summed E-state index contributed by atoms with van der Waals surface area (Å²) in [7, 11) is 0. The van der Waals surface area contributed by atoms with Crippen LogP contribution in [0.15, 0.2) is 12.1 Å². The first-order valence-electron chi connectivity index (χ1n) is 6.22. The predicted molar refractivity (Wildman–Crippen MR) is 69.9 cm³/mol. The molecule has 0 atom stereocenters. The number of nitro groups is 1. The monoisotopic (exact) mass is 268 g/mol. The van der Waals surface area contributed by atoms with E-state index in [2.05, 4.69) is 5.32 Å². The smallest absolute Gasteiger partial charge is 0.324 e. The Hall–Kier alpha value is -1.43. The molecule has 1 aliphatic rings. The van der Waals surface area contributed by atoms with Gasteiger partial charge in [-0.05, 0) is 18.9 Å². The molecule has 6 heteroatoms. The highest BCUT2D eigenvalue weighted by Gasteiger charge is 2.19. The molecule has 1 fully saturated rings. The Morgan fingerprint density at radius 2 is 1.94 bits per heavy atom. The summed E-state index contributed by atoms with van der Waals surface area (Å²) < 4.78 is 0. The van der Waals surface area contributed by atoms with Crippen molar-refractivity contribution >= 4 is 22.2 Å². The van der Waals surface area contributed by atoms with Crippen LogP contribution in [0, 0.1) is 10.1 Å². The number of carbonyl (C=O) groups excluding carboxylic acids is 1. The normalized spacial score (nSPS) is 17.1. The van der Waals surface area contributed by atoms with Crippen LogP contribution in [-0.2, 0) is 0 Å². The molecule has 1 aromatic rings. The van der Waals surface area contributed by atoms with Crippen molar-refractivity contribution in [1.29, 1.82) is 0 Å². The van der Waals surface area contributed by atoms with Crippen LogP contribution < -0.4 is 5.32 Å². The number of amides is 1. The average Bonchev–Trinajstić information content (AvgIpc) is 2.70. The van der Waals surface area contributed by atoms with Gasteiger partial charge in [0.15, 0.2) is 0 Å². The molecule has 1 aliphatic carbocycles. The predicted octanol–water partition coefficient (Wildman–Crippen LogP) is 3.11. The molecule has 1 aromatic heterocycles. The summed E-state index contributed by atoms with van der Waals surface area (Å²) in [5, 5.41) is 13.5. The molecule has 1 heterocycles. The van der Waals surface area contributed by atoms with Crippen LogP contribution in [0.2, 0.25) is 0 Å². The quantitative estimate of drug-likeness (QED) is 0.520. The summed E-state index contributed by atoms with van der Waals surface area (Å²) in [5.74, 6) is -0.181. The minimum atomic E-state index is -0.465. The molecular weight excluding hydrogens is 252 g/mol. The Morgan fingerprint density at radius 1 is 1.28 bits per heavy atom. The van der Waals surface area contributed by atoms with Crippen LogP contribution in [0.25, 0.3) is 0 Å². The second-order valence-electron chi connectivity index (χ2n) is 4.56. The Labute approximate surface area is 109 Å². The van der Waals surface area contributed by atoms with E-state index >= 15 is 0 Å². The molecule has 2 rings (SSSR count). The third-order valence-electron chi connectivity index (χ3n) is 3.19. The summed E-state index contributed by atoms with van der Waals surface area (Å²) >= 11 is 0.932. The molecule has 0 unspecified atom stereocenters. The lowest BCUT2D eigenvalue weighted by Gasteiger charge is -2.15. The fourth-order valence-electron chi connectivity index (χ4n) is 2.23. The highest BCUT2D eigenvalue weighted by atomic mass is 32.1. The van der Waals surface area contributed by atoms with E-state index in [-0.39, 0.29) is 17.0 Å². The van der Waals surface area contributed by atoms with E-state index in [1.54, 1.807) is 0 Å². The van der Waals surface area contributed by atoms with E-state index in [1.165, 1.54) is 25.0 Å². The zero-order chi connectivity index (χ0) is 13.0. The van der Waals surface area contributed by atoms with Gasteiger partial charge in [-0.3, -0.25) is 14.9 Å². The summed E-state index contributed by atoms with van der Waals surface area (Å²) in [6.07, 6.45) is 6.79. The highest BCUT2D eigenvalue weighted by molar-refractivity contribution is 7.17. The lowest BCUT2D eigenvalue weighted by Crippen LogP contribution is -2.33. The molecule has 1 saturated carbocycles. The Kier molecular flexibility index (Phi) is 4.30. The van der Waals surface area contributed by atoms with Crippen LogP contribution in [0.4, 0.5) is 5.00 Å². The van der Waals surface area contributed by atoms with Crippen LogP contribution >= 0.6 is 11.3 Å². The molecular formula is C12H16N2O3S. The molecule has 5 nitrogen and oxygen atoms in total. The lowest BCUT2D eigenvalue weighted by molar-refractivity contribution is -0.380. The number of hydrogen-bond donors (Lipinski definition) is 1. The van der Waals surface area contributed by atoms with Crippen LogP contribution in [0.3, 0.4) is 0 Å². The van der Waals surface area contributed by atoms with Crippen LogP contribution in [-0.4, -0.2) is 16.9 Å². The summed E-state index contributed by atoms with van der Waals surface area (Å²) in [4.78, 5) is 22.5. The minimum absolute atomic E-state index is 0.0148. The van der Waals surface area contributed by atoms with Gasteiger partial charge in [0.25, 0.3) is 5.91 Å². The molecule has 0 aromatic carbocycles. The Morgan fingerprint density at radius 3 is 2.50 bits per heavy atom. The SMILES string of the molecule is O=C(NC1CCCCCC1)c1ccc([N+](=O)[O-])s1. The van der Waals surface area contributed by atoms with Gasteiger partial charge in [0.1, 0.15) is 0 Å². The van der Waals surface area contributed by atoms with Crippen molar-refractivity contribution in [1.82, 2.24) is 5.32 Å². The van der Waals surface area contributed by atoms with E-state index in [9.17, 15) is 14.9 Å². The van der Waals surface area contributed by atoms with Gasteiger partial charge in [-0.2, -0.15) is 0 Å². The van der Waals surface area contributed by atoms with Gasteiger partial charge >= 0.3 is 5.00 Å². The van der Waals surface area contributed by atoms with Gasteiger partial charge in [0.05, 0.1) is 9.80 Å². The number of carbonyl (C=O) groups is 1. The standard InChI is InChI=1S/C12H16N2O3S/c15-12(10-7-8-11(18-10)14(16)17)13-9-5-3-1-2-4-6-9/h7-9H,1-6H2,(H,13,15). The Bertz CT molecular complexity index is 436. The molecule has 98 valence electrons. The molecule has 18 heavy (non-hydrogen) atoms. The topological polar surface area (TPSA) is 72.2 Å². The van der Waals surface area contributed by atoms with Gasteiger partial charge in [-0.25, -0.2) is 0 Å². The second kappa shape index (κ2) is 5.95.